The summed E-state index contributed by atoms with van der Waals surface area (Å²) < 4.78 is 19.8. The number of anilines is 2. The van der Waals surface area contributed by atoms with Crippen molar-refractivity contribution in [1.82, 2.24) is 25.3 Å². The van der Waals surface area contributed by atoms with E-state index in [4.69, 9.17) is 5.73 Å². The molecule has 3 aromatic rings. The summed E-state index contributed by atoms with van der Waals surface area (Å²) >= 11 is 0. The summed E-state index contributed by atoms with van der Waals surface area (Å²) in [7, 11) is 1.15. The van der Waals surface area contributed by atoms with Gasteiger partial charge in [-0.1, -0.05) is 12.2 Å². The summed E-state index contributed by atoms with van der Waals surface area (Å²) in [4.78, 5) is 24.5. The maximum absolute atomic E-state index is 14.1. The van der Waals surface area contributed by atoms with E-state index in [-0.39, 0.29) is 33.8 Å². The topological polar surface area (TPSA) is 137 Å². The first-order valence-electron chi connectivity index (χ1n) is 7.65. The molecule has 0 aliphatic carbocycles. The van der Waals surface area contributed by atoms with E-state index in [9.17, 15) is 14.0 Å². The number of ether oxygens (including phenoxy) is 1. The number of hydrogen-bond donors (Lipinski definition) is 2. The van der Waals surface area contributed by atoms with Crippen molar-refractivity contribution in [2.75, 3.05) is 18.2 Å². The quantitative estimate of drug-likeness (QED) is 0.655. The molecule has 1 amide bonds. The van der Waals surface area contributed by atoms with Crippen molar-refractivity contribution in [3.05, 3.63) is 46.9 Å². The fourth-order valence-corrected chi connectivity index (χ4v) is 2.34. The van der Waals surface area contributed by atoms with Crippen LogP contribution in [0.5, 0.6) is 0 Å². The molecule has 3 rings (SSSR count). The number of methoxy groups -OCH3 is 1. The van der Waals surface area contributed by atoms with Crippen molar-refractivity contribution in [3.63, 3.8) is 0 Å². The minimum atomic E-state index is -0.806. The highest BCUT2D eigenvalue weighted by Gasteiger charge is 2.20. The second kappa shape index (κ2) is 7.15. The van der Waals surface area contributed by atoms with Gasteiger partial charge < -0.3 is 15.8 Å². The largest absolute Gasteiger partial charge is 0.465 e. The maximum atomic E-state index is 14.1. The van der Waals surface area contributed by atoms with Gasteiger partial charge in [0.2, 0.25) is 5.65 Å². The molecule has 0 saturated heterocycles. The third-order valence-electron chi connectivity index (χ3n) is 3.58. The molecule has 27 heavy (non-hydrogen) atoms. The fraction of sp³-hybridized carbons (Fsp3) is 0.125. The normalized spacial score (nSPS) is 11.1. The van der Waals surface area contributed by atoms with Crippen molar-refractivity contribution in [2.24, 2.45) is 0 Å². The lowest BCUT2D eigenvalue weighted by Crippen LogP contribution is -2.19. The van der Waals surface area contributed by atoms with E-state index in [2.05, 4.69) is 30.7 Å². The monoisotopic (exact) mass is 371 g/mol. The van der Waals surface area contributed by atoms with Crippen LogP contribution in [0.4, 0.5) is 15.8 Å². The van der Waals surface area contributed by atoms with Crippen molar-refractivity contribution < 1.29 is 18.7 Å². The lowest BCUT2D eigenvalue weighted by Gasteiger charge is -2.12. The third kappa shape index (κ3) is 3.42. The van der Waals surface area contributed by atoms with Gasteiger partial charge in [0.25, 0.3) is 5.91 Å². The molecular weight excluding hydrogens is 357 g/mol. The first-order valence-corrected chi connectivity index (χ1v) is 7.65. The molecule has 11 heteroatoms. The highest BCUT2D eigenvalue weighted by Crippen LogP contribution is 2.24. The van der Waals surface area contributed by atoms with E-state index in [1.54, 1.807) is 13.0 Å². The van der Waals surface area contributed by atoms with E-state index in [0.717, 1.165) is 17.8 Å². The number of carbonyl (C=O) groups is 2. The highest BCUT2D eigenvalue weighted by molar-refractivity contribution is 6.07. The second-order valence-corrected chi connectivity index (χ2v) is 5.34. The second-order valence-electron chi connectivity index (χ2n) is 5.34. The first kappa shape index (κ1) is 17.9. The average Bonchev–Trinajstić information content (AvgIpc) is 3.13. The van der Waals surface area contributed by atoms with Gasteiger partial charge >= 0.3 is 5.97 Å². The Morgan fingerprint density at radius 3 is 2.81 bits per heavy atom. The van der Waals surface area contributed by atoms with Crippen LogP contribution < -0.4 is 11.1 Å². The molecule has 0 saturated carbocycles. The molecule has 3 N–H and O–H groups in total. The van der Waals surface area contributed by atoms with E-state index in [0.29, 0.717) is 0 Å². The molecular formula is C16H14FN7O3. The van der Waals surface area contributed by atoms with E-state index in [1.807, 2.05) is 0 Å². The number of nitrogens with one attached hydrogen (secondary N) is 1. The number of allylic oxidation sites excluding steroid dienone is 1. The Labute approximate surface area is 151 Å². The number of fused-ring (bicyclic) bond motifs is 1. The summed E-state index contributed by atoms with van der Waals surface area (Å²) in [5.41, 5.74) is 6.13. The van der Waals surface area contributed by atoms with Gasteiger partial charge in [-0.25, -0.2) is 9.18 Å². The lowest BCUT2D eigenvalue weighted by atomic mass is 10.1. The maximum Gasteiger partial charge on any atom is 0.340 e. The molecule has 0 fully saturated rings. The van der Waals surface area contributed by atoms with Crippen LogP contribution >= 0.6 is 0 Å². The molecule has 0 spiro atoms. The predicted octanol–water partition coefficient (Wildman–Crippen LogP) is 1.31. The zero-order valence-corrected chi connectivity index (χ0v) is 14.3. The minimum Gasteiger partial charge on any atom is -0.465 e. The number of amides is 1. The van der Waals surface area contributed by atoms with Crippen LogP contribution in [0.3, 0.4) is 0 Å². The summed E-state index contributed by atoms with van der Waals surface area (Å²) in [5.74, 6) is -2.13. The molecule has 0 unspecified atom stereocenters. The van der Waals surface area contributed by atoms with Crippen LogP contribution in [0.2, 0.25) is 0 Å². The summed E-state index contributed by atoms with van der Waals surface area (Å²) in [6.07, 6.45) is 3.12. The molecule has 2 heterocycles. The van der Waals surface area contributed by atoms with Gasteiger partial charge in [-0.05, 0) is 35.5 Å². The van der Waals surface area contributed by atoms with E-state index < -0.39 is 17.7 Å². The molecule has 0 bridgehead atoms. The third-order valence-corrected chi connectivity index (χ3v) is 3.58. The number of hydrogen-bond acceptors (Lipinski definition) is 8. The van der Waals surface area contributed by atoms with Crippen molar-refractivity contribution in [3.8, 4) is 0 Å². The smallest absolute Gasteiger partial charge is 0.340 e. The number of esters is 1. The average molecular weight is 371 g/mol. The predicted molar refractivity (Wildman–Crippen MR) is 93.4 cm³/mol. The summed E-state index contributed by atoms with van der Waals surface area (Å²) in [6, 6.07) is 3.59. The van der Waals surface area contributed by atoms with Crippen LogP contribution in [0, 0.1) is 5.82 Å². The molecule has 1 aromatic carbocycles. The van der Waals surface area contributed by atoms with Gasteiger partial charge in [0.1, 0.15) is 5.82 Å². The van der Waals surface area contributed by atoms with Gasteiger partial charge in [0.15, 0.2) is 5.69 Å². The number of benzene rings is 1. The Bertz CT molecular complexity index is 1080. The van der Waals surface area contributed by atoms with Crippen molar-refractivity contribution >= 4 is 35.0 Å². The van der Waals surface area contributed by atoms with Gasteiger partial charge in [-0.15, -0.1) is 14.8 Å². The van der Waals surface area contributed by atoms with Gasteiger partial charge in [0.05, 0.1) is 24.0 Å². The Morgan fingerprint density at radius 1 is 1.33 bits per heavy atom. The van der Waals surface area contributed by atoms with Gasteiger partial charge in [0, 0.05) is 5.56 Å². The number of rotatable bonds is 4. The Kier molecular flexibility index (Phi) is 4.75. The zero-order chi connectivity index (χ0) is 19.6. The number of nitrogens with zero attached hydrogens (tertiary/aromatic N) is 5. The van der Waals surface area contributed by atoms with Crippen LogP contribution in [0.15, 0.2) is 24.3 Å². The van der Waals surface area contributed by atoms with Crippen LogP contribution in [0.25, 0.3) is 11.7 Å². The SMILES string of the molecule is C/C=C/c1cc(NC(=O)c2cc(N)c3nnnn3n2)c(C(=O)OC)cc1F. The molecule has 0 aliphatic rings. The molecule has 10 nitrogen and oxygen atoms in total. The minimum absolute atomic E-state index is 0.0542. The first-order chi connectivity index (χ1) is 12.9. The van der Waals surface area contributed by atoms with Crippen LogP contribution in [-0.4, -0.2) is 44.2 Å². The fourth-order valence-electron chi connectivity index (χ4n) is 2.34. The Morgan fingerprint density at radius 2 is 2.11 bits per heavy atom. The van der Waals surface area contributed by atoms with Crippen molar-refractivity contribution in [1.29, 1.82) is 0 Å². The van der Waals surface area contributed by atoms with Gasteiger partial charge in [-0.3, -0.25) is 4.79 Å². The number of aromatic nitrogens is 5. The number of tetrazole rings is 1. The molecule has 2 aromatic heterocycles. The number of nitrogen functional groups attached to an aromatic ring is 1. The summed E-state index contributed by atoms with van der Waals surface area (Å²) in [5, 5.41) is 17.1. The lowest BCUT2D eigenvalue weighted by molar-refractivity contribution is 0.0601. The molecule has 138 valence electrons. The zero-order valence-electron chi connectivity index (χ0n) is 14.3. The number of carbonyl (C=O) groups excluding carboxylic acids is 2. The number of nitrogens with two attached hydrogens (primary N) is 1. The molecule has 0 aliphatic heterocycles. The van der Waals surface area contributed by atoms with E-state index in [1.165, 1.54) is 18.2 Å². The van der Waals surface area contributed by atoms with Gasteiger partial charge in [-0.2, -0.15) is 0 Å². The van der Waals surface area contributed by atoms with Crippen LogP contribution in [-0.2, 0) is 4.74 Å². The number of halogens is 1. The Hall–Kier alpha value is -3.89. The highest BCUT2D eigenvalue weighted by atomic mass is 19.1. The van der Waals surface area contributed by atoms with Crippen LogP contribution in [0.1, 0.15) is 33.3 Å². The standard InChI is InChI=1S/C16H14FN7O3/c1-3-4-8-5-12(9(6-10(8)17)16(26)27-2)19-15(25)13-7-11(18)14-20-22-23-24(14)21-13/h3-7H,18H2,1-2H3,(H,19,25)/b4-3+. The van der Waals surface area contributed by atoms with Crippen molar-refractivity contribution in [2.45, 2.75) is 6.92 Å². The Balaban J connectivity index is 2.02. The summed E-state index contributed by atoms with van der Waals surface area (Å²) in [6.45, 7) is 1.71. The molecule has 0 atom stereocenters. The molecule has 0 radical (unpaired) electrons. The van der Waals surface area contributed by atoms with E-state index >= 15 is 0 Å².